The third kappa shape index (κ3) is 4.48. The summed E-state index contributed by atoms with van der Waals surface area (Å²) in [6, 6.07) is 7.35. The molecule has 0 bridgehead atoms. The number of thiol groups is 1. The van der Waals surface area contributed by atoms with Crippen LogP contribution in [0.25, 0.3) is 0 Å². The first-order valence-corrected chi connectivity index (χ1v) is 5.81. The van der Waals surface area contributed by atoms with Crippen molar-refractivity contribution in [1.82, 2.24) is 4.90 Å². The molecule has 0 radical (unpaired) electrons. The number of likely N-dealkylation sites (N-methyl/N-ethyl adjacent to an activating group) is 1. The summed E-state index contributed by atoms with van der Waals surface area (Å²) in [5.41, 5.74) is 5.98. The first-order valence-electron chi connectivity index (χ1n) is 5.37. The molecular weight excluding hydrogens is 236 g/mol. The fraction of sp³-hybridized carbons (Fsp3) is 0.333. The number of carbonyl (C=O) groups excluding carboxylic acids is 2. The molecule has 5 heteroatoms. The van der Waals surface area contributed by atoms with E-state index in [2.05, 4.69) is 12.6 Å². The summed E-state index contributed by atoms with van der Waals surface area (Å²) in [4.78, 5) is 24.9. The molecule has 1 aromatic carbocycles. The molecule has 0 fully saturated rings. The summed E-state index contributed by atoms with van der Waals surface area (Å²) >= 11 is 4.17. The second-order valence-electron chi connectivity index (χ2n) is 3.72. The fourth-order valence-electron chi connectivity index (χ4n) is 1.46. The predicted molar refractivity (Wildman–Crippen MR) is 68.8 cm³/mol. The van der Waals surface area contributed by atoms with Crippen LogP contribution in [0.5, 0.6) is 0 Å². The van der Waals surface area contributed by atoms with E-state index in [4.69, 9.17) is 5.73 Å². The van der Waals surface area contributed by atoms with Crippen LogP contribution in [-0.4, -0.2) is 29.8 Å². The molecule has 17 heavy (non-hydrogen) atoms. The zero-order valence-corrected chi connectivity index (χ0v) is 10.6. The predicted octanol–water partition coefficient (Wildman–Crippen LogP) is 0.852. The number of hydrogen-bond donors (Lipinski definition) is 2. The van der Waals surface area contributed by atoms with Crippen LogP contribution in [0, 0.1) is 0 Å². The van der Waals surface area contributed by atoms with E-state index in [1.165, 1.54) is 4.90 Å². The van der Waals surface area contributed by atoms with Crippen LogP contribution in [0.1, 0.15) is 12.5 Å². The Kier molecular flexibility index (Phi) is 5.03. The van der Waals surface area contributed by atoms with Gasteiger partial charge in [0, 0.05) is 11.4 Å². The van der Waals surface area contributed by atoms with Crippen molar-refractivity contribution in [2.24, 2.45) is 5.73 Å². The molecule has 1 rings (SSSR count). The van der Waals surface area contributed by atoms with Crippen molar-refractivity contribution in [2.45, 2.75) is 18.2 Å². The highest BCUT2D eigenvalue weighted by atomic mass is 32.1. The molecule has 0 aromatic heterocycles. The van der Waals surface area contributed by atoms with E-state index in [1.807, 2.05) is 31.2 Å². The lowest BCUT2D eigenvalue weighted by Gasteiger charge is -2.18. The number of benzene rings is 1. The Hall–Kier alpha value is -1.49. The standard InChI is InChI=1S/C12H16N2O2S/c1-2-14(8-11(13)15)12(16)7-9-3-5-10(17)6-4-9/h3-6,17H,2,7-8H2,1H3,(H2,13,15). The molecular formula is C12H16N2O2S. The Morgan fingerprint density at radius 2 is 1.88 bits per heavy atom. The molecule has 0 saturated heterocycles. The van der Waals surface area contributed by atoms with Gasteiger partial charge in [-0.05, 0) is 24.6 Å². The number of nitrogens with zero attached hydrogens (tertiary/aromatic N) is 1. The maximum absolute atomic E-state index is 11.9. The SMILES string of the molecule is CCN(CC(N)=O)C(=O)Cc1ccc(S)cc1. The van der Waals surface area contributed by atoms with E-state index in [0.717, 1.165) is 10.5 Å². The number of hydrogen-bond acceptors (Lipinski definition) is 3. The Balaban J connectivity index is 2.63. The molecule has 2 amide bonds. The van der Waals surface area contributed by atoms with Crippen molar-refractivity contribution in [3.05, 3.63) is 29.8 Å². The minimum Gasteiger partial charge on any atom is -0.368 e. The van der Waals surface area contributed by atoms with E-state index >= 15 is 0 Å². The highest BCUT2D eigenvalue weighted by Crippen LogP contribution is 2.09. The second-order valence-corrected chi connectivity index (χ2v) is 4.23. The average Bonchev–Trinajstić information content (AvgIpc) is 2.28. The second kappa shape index (κ2) is 6.30. The molecule has 0 atom stereocenters. The van der Waals surface area contributed by atoms with Gasteiger partial charge < -0.3 is 10.6 Å². The van der Waals surface area contributed by atoms with Gasteiger partial charge in [-0.3, -0.25) is 9.59 Å². The average molecular weight is 252 g/mol. The maximum Gasteiger partial charge on any atom is 0.237 e. The van der Waals surface area contributed by atoms with Gasteiger partial charge >= 0.3 is 0 Å². The highest BCUT2D eigenvalue weighted by Gasteiger charge is 2.14. The van der Waals surface area contributed by atoms with Gasteiger partial charge in [-0.1, -0.05) is 12.1 Å². The van der Waals surface area contributed by atoms with Crippen LogP contribution in [0.15, 0.2) is 29.2 Å². The monoisotopic (exact) mass is 252 g/mol. The number of rotatable bonds is 5. The smallest absolute Gasteiger partial charge is 0.237 e. The van der Waals surface area contributed by atoms with Crippen LogP contribution < -0.4 is 5.73 Å². The van der Waals surface area contributed by atoms with Gasteiger partial charge in [-0.15, -0.1) is 12.6 Å². The number of carbonyl (C=O) groups is 2. The normalized spacial score (nSPS) is 10.0. The van der Waals surface area contributed by atoms with Crippen LogP contribution in [0.2, 0.25) is 0 Å². The molecule has 0 spiro atoms. The van der Waals surface area contributed by atoms with Gasteiger partial charge in [0.15, 0.2) is 0 Å². The summed E-state index contributed by atoms with van der Waals surface area (Å²) in [5, 5.41) is 0. The molecule has 2 N–H and O–H groups in total. The third-order valence-corrected chi connectivity index (χ3v) is 2.67. The highest BCUT2D eigenvalue weighted by molar-refractivity contribution is 7.80. The van der Waals surface area contributed by atoms with Gasteiger partial charge in [-0.2, -0.15) is 0 Å². The van der Waals surface area contributed by atoms with E-state index in [-0.39, 0.29) is 18.9 Å². The topological polar surface area (TPSA) is 63.4 Å². The quantitative estimate of drug-likeness (QED) is 0.763. The van der Waals surface area contributed by atoms with Gasteiger partial charge in [0.25, 0.3) is 0 Å². The summed E-state index contributed by atoms with van der Waals surface area (Å²) in [6.45, 7) is 2.27. The number of nitrogens with two attached hydrogens (primary N) is 1. The maximum atomic E-state index is 11.9. The molecule has 0 unspecified atom stereocenters. The van der Waals surface area contributed by atoms with E-state index in [9.17, 15) is 9.59 Å². The van der Waals surface area contributed by atoms with Crippen molar-refractivity contribution in [3.8, 4) is 0 Å². The van der Waals surface area contributed by atoms with Crippen molar-refractivity contribution in [3.63, 3.8) is 0 Å². The zero-order chi connectivity index (χ0) is 12.8. The van der Waals surface area contributed by atoms with Crippen molar-refractivity contribution >= 4 is 24.4 Å². The van der Waals surface area contributed by atoms with Gasteiger partial charge in [0.2, 0.25) is 11.8 Å². The van der Waals surface area contributed by atoms with Crippen molar-refractivity contribution in [1.29, 1.82) is 0 Å². The molecule has 0 aliphatic heterocycles. The molecule has 0 aliphatic rings. The Morgan fingerprint density at radius 3 is 2.35 bits per heavy atom. The number of primary amides is 1. The Bertz CT molecular complexity index is 403. The van der Waals surface area contributed by atoms with Crippen molar-refractivity contribution in [2.75, 3.05) is 13.1 Å². The minimum atomic E-state index is -0.495. The molecule has 4 nitrogen and oxygen atoms in total. The largest absolute Gasteiger partial charge is 0.368 e. The first-order chi connectivity index (χ1) is 8.02. The first kappa shape index (κ1) is 13.6. The minimum absolute atomic E-state index is 0.0278. The van der Waals surface area contributed by atoms with Crippen LogP contribution in [0.4, 0.5) is 0 Å². The summed E-state index contributed by atoms with van der Waals surface area (Å²) in [7, 11) is 0. The summed E-state index contributed by atoms with van der Waals surface area (Å²) in [6.07, 6.45) is 0.273. The van der Waals surface area contributed by atoms with E-state index in [0.29, 0.717) is 6.54 Å². The van der Waals surface area contributed by atoms with Crippen LogP contribution in [0.3, 0.4) is 0 Å². The fourth-order valence-corrected chi connectivity index (χ4v) is 1.61. The van der Waals surface area contributed by atoms with E-state index < -0.39 is 5.91 Å². The number of amides is 2. The lowest BCUT2D eigenvalue weighted by molar-refractivity contribution is -0.134. The molecule has 0 heterocycles. The molecule has 0 saturated carbocycles. The Labute approximate surface area is 106 Å². The molecule has 92 valence electrons. The van der Waals surface area contributed by atoms with Crippen molar-refractivity contribution < 1.29 is 9.59 Å². The third-order valence-electron chi connectivity index (χ3n) is 2.37. The zero-order valence-electron chi connectivity index (χ0n) is 9.72. The Morgan fingerprint density at radius 1 is 1.29 bits per heavy atom. The molecule has 0 aliphatic carbocycles. The van der Waals surface area contributed by atoms with Gasteiger partial charge in [0.05, 0.1) is 13.0 Å². The lowest BCUT2D eigenvalue weighted by atomic mass is 10.1. The van der Waals surface area contributed by atoms with Crippen LogP contribution in [-0.2, 0) is 16.0 Å². The summed E-state index contributed by atoms with van der Waals surface area (Å²) < 4.78 is 0. The van der Waals surface area contributed by atoms with Gasteiger partial charge in [0.1, 0.15) is 0 Å². The summed E-state index contributed by atoms with van der Waals surface area (Å²) in [5.74, 6) is -0.593. The molecule has 1 aromatic rings. The van der Waals surface area contributed by atoms with E-state index in [1.54, 1.807) is 0 Å². The lowest BCUT2D eigenvalue weighted by Crippen LogP contribution is -2.39. The van der Waals surface area contributed by atoms with Gasteiger partial charge in [-0.25, -0.2) is 0 Å². The van der Waals surface area contributed by atoms with Crippen LogP contribution >= 0.6 is 12.6 Å².